The van der Waals surface area contributed by atoms with Crippen LogP contribution < -0.4 is 0 Å². The molecule has 0 saturated carbocycles. The Balaban J connectivity index is 1.59. The van der Waals surface area contributed by atoms with E-state index in [1.807, 2.05) is 72.8 Å². The average Bonchev–Trinajstić information content (AvgIpc) is 2.88. The SMILES string of the molecule is O=C(c1cc(C(F)(F)F)cc(C(F)(F)F)c1)N1CCN(C/C=C/c2ccccc2)C[C@H]1Cc1ccccc1. The molecule has 0 spiro atoms. The van der Waals surface area contributed by atoms with Gasteiger partial charge in [0, 0.05) is 37.8 Å². The molecule has 9 heteroatoms. The molecule has 0 unspecified atom stereocenters. The molecule has 4 rings (SSSR count). The summed E-state index contributed by atoms with van der Waals surface area (Å²) in [5.41, 5.74) is -1.67. The van der Waals surface area contributed by atoms with Gasteiger partial charge in [0.2, 0.25) is 0 Å². The van der Waals surface area contributed by atoms with E-state index in [1.54, 1.807) is 0 Å². The molecule has 3 nitrogen and oxygen atoms in total. The molecule has 0 N–H and O–H groups in total. The molecule has 1 aliphatic heterocycles. The summed E-state index contributed by atoms with van der Waals surface area (Å²) < 4.78 is 80.4. The fourth-order valence-corrected chi connectivity index (χ4v) is 4.56. The number of alkyl halides is 6. The maximum absolute atomic E-state index is 13.4. The number of halogens is 6. The van der Waals surface area contributed by atoms with Crippen LogP contribution >= 0.6 is 0 Å². The minimum absolute atomic E-state index is 0.0369. The Hall–Kier alpha value is -3.59. The summed E-state index contributed by atoms with van der Waals surface area (Å²) in [5, 5.41) is 0. The summed E-state index contributed by atoms with van der Waals surface area (Å²) in [7, 11) is 0. The third-order valence-electron chi connectivity index (χ3n) is 6.45. The van der Waals surface area contributed by atoms with Crippen molar-refractivity contribution in [2.45, 2.75) is 24.8 Å². The Morgan fingerprint density at radius 1 is 0.816 bits per heavy atom. The van der Waals surface area contributed by atoms with Gasteiger partial charge in [0.05, 0.1) is 11.1 Å². The van der Waals surface area contributed by atoms with E-state index in [4.69, 9.17) is 0 Å². The molecule has 0 aromatic heterocycles. The average molecular weight is 533 g/mol. The first kappa shape index (κ1) is 27.4. The van der Waals surface area contributed by atoms with Crippen molar-refractivity contribution in [3.63, 3.8) is 0 Å². The van der Waals surface area contributed by atoms with Crippen LogP contribution in [0, 0.1) is 0 Å². The standard InChI is InChI=1S/C29H26F6N2O/c30-28(31,32)24-17-23(18-25(19-24)29(33,34)35)27(38)37-15-14-36(13-7-12-21-8-3-1-4-9-21)20-26(37)16-22-10-5-2-6-11-22/h1-12,17-19,26H,13-16,20H2/b12-7+/t26-/m1/s1. The summed E-state index contributed by atoms with van der Waals surface area (Å²) in [6, 6.07) is 19.6. The lowest BCUT2D eigenvalue weighted by Crippen LogP contribution is -2.56. The topological polar surface area (TPSA) is 23.6 Å². The number of carbonyl (C=O) groups excluding carboxylic acids is 1. The number of amides is 1. The predicted molar refractivity (Wildman–Crippen MR) is 133 cm³/mol. The first-order chi connectivity index (χ1) is 18.0. The first-order valence-electron chi connectivity index (χ1n) is 12.1. The largest absolute Gasteiger partial charge is 0.416 e. The van der Waals surface area contributed by atoms with Crippen molar-refractivity contribution in [1.82, 2.24) is 9.80 Å². The zero-order valence-corrected chi connectivity index (χ0v) is 20.3. The molecule has 0 bridgehead atoms. The highest BCUT2D eigenvalue weighted by Crippen LogP contribution is 2.36. The second-order valence-corrected chi connectivity index (χ2v) is 9.21. The first-order valence-corrected chi connectivity index (χ1v) is 12.1. The zero-order chi connectivity index (χ0) is 27.3. The normalized spacial score (nSPS) is 17.2. The molecule has 1 heterocycles. The molecule has 0 radical (unpaired) electrons. The van der Waals surface area contributed by atoms with E-state index in [2.05, 4.69) is 4.90 Å². The molecule has 1 aliphatic rings. The zero-order valence-electron chi connectivity index (χ0n) is 20.3. The minimum atomic E-state index is -5.02. The lowest BCUT2D eigenvalue weighted by atomic mass is 9.99. The van der Waals surface area contributed by atoms with E-state index in [0.29, 0.717) is 38.2 Å². The maximum atomic E-state index is 13.4. The number of piperazine rings is 1. The smallest absolute Gasteiger partial charge is 0.333 e. The van der Waals surface area contributed by atoms with E-state index in [1.165, 1.54) is 4.90 Å². The fourth-order valence-electron chi connectivity index (χ4n) is 4.56. The van der Waals surface area contributed by atoms with Crippen LogP contribution in [0.2, 0.25) is 0 Å². The predicted octanol–water partition coefficient (Wildman–Crippen LogP) is 6.81. The number of hydrogen-bond donors (Lipinski definition) is 0. The summed E-state index contributed by atoms with van der Waals surface area (Å²) >= 11 is 0. The summed E-state index contributed by atoms with van der Waals surface area (Å²) in [6.07, 6.45) is -5.66. The molecule has 3 aromatic rings. The Labute approximate surface area is 217 Å². The minimum Gasteiger partial charge on any atom is -0.333 e. The highest BCUT2D eigenvalue weighted by Gasteiger charge is 2.39. The van der Waals surface area contributed by atoms with Gasteiger partial charge < -0.3 is 4.90 Å². The molecule has 1 atom stereocenters. The highest BCUT2D eigenvalue weighted by molar-refractivity contribution is 5.95. The van der Waals surface area contributed by atoms with Gasteiger partial charge in [-0.3, -0.25) is 9.69 Å². The second kappa shape index (κ2) is 11.4. The highest BCUT2D eigenvalue weighted by atomic mass is 19.4. The van der Waals surface area contributed by atoms with Crippen LogP contribution in [0.1, 0.15) is 32.6 Å². The van der Waals surface area contributed by atoms with Crippen molar-refractivity contribution in [2.24, 2.45) is 0 Å². The Kier molecular flexibility index (Phi) is 8.26. The molecule has 1 fully saturated rings. The van der Waals surface area contributed by atoms with Crippen LogP contribution in [0.15, 0.2) is 84.9 Å². The van der Waals surface area contributed by atoms with Crippen LogP contribution in [-0.4, -0.2) is 47.9 Å². The van der Waals surface area contributed by atoms with Gasteiger partial charge in [-0.2, -0.15) is 26.3 Å². The van der Waals surface area contributed by atoms with Crippen molar-refractivity contribution in [1.29, 1.82) is 0 Å². The molecule has 1 amide bonds. The van der Waals surface area contributed by atoms with Crippen LogP contribution in [0.3, 0.4) is 0 Å². The second-order valence-electron chi connectivity index (χ2n) is 9.21. The summed E-state index contributed by atoms with van der Waals surface area (Å²) in [4.78, 5) is 16.9. The van der Waals surface area contributed by atoms with Crippen molar-refractivity contribution in [3.8, 4) is 0 Å². The van der Waals surface area contributed by atoms with Crippen molar-refractivity contribution < 1.29 is 31.1 Å². The van der Waals surface area contributed by atoms with Crippen LogP contribution in [0.4, 0.5) is 26.3 Å². The van der Waals surface area contributed by atoms with Gasteiger partial charge in [0.15, 0.2) is 0 Å². The molecule has 38 heavy (non-hydrogen) atoms. The number of carbonyl (C=O) groups is 1. The van der Waals surface area contributed by atoms with E-state index in [-0.39, 0.29) is 12.6 Å². The van der Waals surface area contributed by atoms with Crippen LogP contribution in [-0.2, 0) is 18.8 Å². The van der Waals surface area contributed by atoms with Gasteiger partial charge >= 0.3 is 12.4 Å². The molecule has 1 saturated heterocycles. The Morgan fingerprint density at radius 3 is 1.97 bits per heavy atom. The lowest BCUT2D eigenvalue weighted by Gasteiger charge is -2.41. The quantitative estimate of drug-likeness (QED) is 0.326. The number of nitrogens with zero attached hydrogens (tertiary/aromatic N) is 2. The van der Waals surface area contributed by atoms with Crippen LogP contribution in [0.5, 0.6) is 0 Å². The Bertz CT molecular complexity index is 1220. The van der Waals surface area contributed by atoms with Gasteiger partial charge in [-0.25, -0.2) is 0 Å². The monoisotopic (exact) mass is 532 g/mol. The van der Waals surface area contributed by atoms with Crippen molar-refractivity contribution >= 4 is 12.0 Å². The summed E-state index contributed by atoms with van der Waals surface area (Å²) in [5.74, 6) is -0.845. The van der Waals surface area contributed by atoms with Crippen molar-refractivity contribution in [3.05, 3.63) is 113 Å². The number of benzene rings is 3. The molecule has 200 valence electrons. The van der Waals surface area contributed by atoms with Gasteiger partial charge in [0.1, 0.15) is 0 Å². The van der Waals surface area contributed by atoms with Gasteiger partial charge in [-0.1, -0.05) is 72.8 Å². The van der Waals surface area contributed by atoms with Crippen LogP contribution in [0.25, 0.3) is 6.08 Å². The molecular formula is C29H26F6N2O. The summed E-state index contributed by atoms with van der Waals surface area (Å²) in [6.45, 7) is 1.61. The molecular weight excluding hydrogens is 506 g/mol. The number of rotatable bonds is 6. The fraction of sp³-hybridized carbons (Fsp3) is 0.276. The van der Waals surface area contributed by atoms with E-state index >= 15 is 0 Å². The van der Waals surface area contributed by atoms with Gasteiger partial charge in [-0.05, 0) is 35.7 Å². The molecule has 0 aliphatic carbocycles. The maximum Gasteiger partial charge on any atom is 0.416 e. The van der Waals surface area contributed by atoms with Crippen molar-refractivity contribution in [2.75, 3.05) is 26.2 Å². The lowest BCUT2D eigenvalue weighted by molar-refractivity contribution is -0.143. The third kappa shape index (κ3) is 7.04. The Morgan fingerprint density at radius 2 is 1.39 bits per heavy atom. The van der Waals surface area contributed by atoms with Gasteiger partial charge in [0.25, 0.3) is 5.91 Å². The van der Waals surface area contributed by atoms with E-state index in [9.17, 15) is 31.1 Å². The molecule has 3 aromatic carbocycles. The van der Waals surface area contributed by atoms with E-state index in [0.717, 1.165) is 11.1 Å². The van der Waals surface area contributed by atoms with E-state index < -0.39 is 41.0 Å². The van der Waals surface area contributed by atoms with Gasteiger partial charge in [-0.15, -0.1) is 0 Å². The third-order valence-corrected chi connectivity index (χ3v) is 6.45. The number of hydrogen-bond acceptors (Lipinski definition) is 2.